The van der Waals surface area contributed by atoms with Crippen LogP contribution in [0.5, 0.6) is 11.5 Å². The average molecular weight is 375 g/mol. The molecule has 0 saturated carbocycles. The molecular formula is C16H27BrN2O3. The molecule has 6 heteroatoms. The van der Waals surface area contributed by atoms with Crippen molar-refractivity contribution in [1.82, 2.24) is 10.6 Å². The van der Waals surface area contributed by atoms with Crippen molar-refractivity contribution in [2.24, 2.45) is 0 Å². The van der Waals surface area contributed by atoms with E-state index in [0.29, 0.717) is 19.8 Å². The molecule has 126 valence electrons. The van der Waals surface area contributed by atoms with E-state index in [4.69, 9.17) is 14.6 Å². The minimum Gasteiger partial charge on any atom is -0.490 e. The number of nitrogens with one attached hydrogen (secondary N) is 2. The molecule has 1 atom stereocenters. The Hall–Kier alpha value is -0.820. The molecule has 0 aliphatic heterocycles. The van der Waals surface area contributed by atoms with E-state index in [1.165, 1.54) is 0 Å². The quantitative estimate of drug-likeness (QED) is 0.518. The van der Waals surface area contributed by atoms with Gasteiger partial charge in [-0.05, 0) is 54.4 Å². The SMILES string of the molecule is CCOc1cc(CNCCNC[C@@H](C)O)cc(Br)c1OCC. The van der Waals surface area contributed by atoms with Gasteiger partial charge in [0.25, 0.3) is 0 Å². The Kier molecular flexibility index (Phi) is 9.47. The summed E-state index contributed by atoms with van der Waals surface area (Å²) in [7, 11) is 0. The van der Waals surface area contributed by atoms with Crippen LogP contribution in [-0.4, -0.2) is 44.1 Å². The standard InChI is InChI=1S/C16H27BrN2O3/c1-4-21-15-9-13(8-14(17)16(15)22-5-2)11-19-7-6-18-10-12(3)20/h8-9,12,18-20H,4-7,10-11H2,1-3H3/t12-/m1/s1. The third-order valence-corrected chi connectivity index (χ3v) is 3.49. The second kappa shape index (κ2) is 10.8. The van der Waals surface area contributed by atoms with Crippen LogP contribution < -0.4 is 20.1 Å². The lowest BCUT2D eigenvalue weighted by Gasteiger charge is -2.15. The van der Waals surface area contributed by atoms with Crippen molar-refractivity contribution in [3.8, 4) is 11.5 Å². The lowest BCUT2D eigenvalue weighted by molar-refractivity contribution is 0.191. The fraction of sp³-hybridized carbons (Fsp3) is 0.625. The van der Waals surface area contributed by atoms with Gasteiger partial charge in [-0.3, -0.25) is 0 Å². The highest BCUT2D eigenvalue weighted by atomic mass is 79.9. The summed E-state index contributed by atoms with van der Waals surface area (Å²) < 4.78 is 12.2. The molecule has 0 unspecified atom stereocenters. The molecule has 0 amide bonds. The number of hydrogen-bond donors (Lipinski definition) is 3. The van der Waals surface area contributed by atoms with E-state index < -0.39 is 0 Å². The molecule has 1 aromatic carbocycles. The highest BCUT2D eigenvalue weighted by Gasteiger charge is 2.11. The highest BCUT2D eigenvalue weighted by Crippen LogP contribution is 2.36. The number of halogens is 1. The summed E-state index contributed by atoms with van der Waals surface area (Å²) in [6.07, 6.45) is -0.309. The topological polar surface area (TPSA) is 62.8 Å². The Labute approximate surface area is 141 Å². The second-order valence-electron chi connectivity index (χ2n) is 5.00. The zero-order valence-electron chi connectivity index (χ0n) is 13.6. The lowest BCUT2D eigenvalue weighted by Crippen LogP contribution is -2.31. The first-order chi connectivity index (χ1) is 10.6. The van der Waals surface area contributed by atoms with E-state index in [2.05, 4.69) is 26.6 Å². The number of aliphatic hydroxyl groups is 1. The van der Waals surface area contributed by atoms with Gasteiger partial charge in [0, 0.05) is 26.2 Å². The van der Waals surface area contributed by atoms with Gasteiger partial charge < -0.3 is 25.2 Å². The average Bonchev–Trinajstić information content (AvgIpc) is 2.46. The van der Waals surface area contributed by atoms with E-state index >= 15 is 0 Å². The van der Waals surface area contributed by atoms with Crippen LogP contribution in [0.2, 0.25) is 0 Å². The van der Waals surface area contributed by atoms with Crippen molar-refractivity contribution in [2.75, 3.05) is 32.8 Å². The Bertz CT molecular complexity index is 442. The summed E-state index contributed by atoms with van der Waals surface area (Å²) in [5.41, 5.74) is 1.13. The Morgan fingerprint density at radius 1 is 1.14 bits per heavy atom. The van der Waals surface area contributed by atoms with E-state index in [0.717, 1.165) is 41.2 Å². The summed E-state index contributed by atoms with van der Waals surface area (Å²) >= 11 is 3.55. The summed E-state index contributed by atoms with van der Waals surface area (Å²) in [5, 5.41) is 15.7. The third-order valence-electron chi connectivity index (χ3n) is 2.91. The maximum Gasteiger partial charge on any atom is 0.175 e. The molecule has 0 spiro atoms. The molecule has 0 aliphatic carbocycles. The minimum atomic E-state index is -0.309. The number of rotatable bonds is 11. The Morgan fingerprint density at radius 3 is 2.45 bits per heavy atom. The van der Waals surface area contributed by atoms with Gasteiger partial charge in [0.1, 0.15) is 0 Å². The van der Waals surface area contributed by atoms with Crippen LogP contribution in [0.4, 0.5) is 0 Å². The van der Waals surface area contributed by atoms with Crippen molar-refractivity contribution >= 4 is 15.9 Å². The van der Waals surface area contributed by atoms with Crippen LogP contribution in [-0.2, 0) is 6.54 Å². The summed E-state index contributed by atoms with van der Waals surface area (Å²) in [6.45, 7) is 9.92. The fourth-order valence-corrected chi connectivity index (χ4v) is 2.60. The number of aliphatic hydroxyl groups excluding tert-OH is 1. The van der Waals surface area contributed by atoms with Crippen molar-refractivity contribution in [2.45, 2.75) is 33.4 Å². The first-order valence-corrected chi connectivity index (χ1v) is 8.55. The normalized spacial score (nSPS) is 12.2. The monoisotopic (exact) mass is 374 g/mol. The molecule has 0 bridgehead atoms. The number of ether oxygens (including phenoxy) is 2. The molecule has 0 saturated heterocycles. The van der Waals surface area contributed by atoms with E-state index in [1.54, 1.807) is 6.92 Å². The molecule has 0 radical (unpaired) electrons. The zero-order valence-corrected chi connectivity index (χ0v) is 15.2. The van der Waals surface area contributed by atoms with Crippen molar-refractivity contribution in [1.29, 1.82) is 0 Å². The molecule has 0 heterocycles. The predicted molar refractivity (Wildman–Crippen MR) is 92.7 cm³/mol. The minimum absolute atomic E-state index is 0.309. The highest BCUT2D eigenvalue weighted by molar-refractivity contribution is 9.10. The van der Waals surface area contributed by atoms with E-state index in [-0.39, 0.29) is 6.10 Å². The third kappa shape index (κ3) is 6.96. The van der Waals surface area contributed by atoms with Crippen LogP contribution in [0.15, 0.2) is 16.6 Å². The molecule has 0 aromatic heterocycles. The molecule has 1 aromatic rings. The van der Waals surface area contributed by atoms with Gasteiger partial charge in [0.2, 0.25) is 0 Å². The van der Waals surface area contributed by atoms with Gasteiger partial charge in [-0.2, -0.15) is 0 Å². The number of benzene rings is 1. The lowest BCUT2D eigenvalue weighted by atomic mass is 10.2. The maximum atomic E-state index is 9.15. The van der Waals surface area contributed by atoms with Crippen molar-refractivity contribution in [3.05, 3.63) is 22.2 Å². The fourth-order valence-electron chi connectivity index (χ4n) is 1.99. The molecule has 0 aliphatic rings. The second-order valence-corrected chi connectivity index (χ2v) is 5.86. The predicted octanol–water partition coefficient (Wildman–Crippen LogP) is 2.31. The summed E-state index contributed by atoms with van der Waals surface area (Å²) in [4.78, 5) is 0. The van der Waals surface area contributed by atoms with Crippen LogP contribution in [0.1, 0.15) is 26.3 Å². The van der Waals surface area contributed by atoms with Crippen molar-refractivity contribution < 1.29 is 14.6 Å². The van der Waals surface area contributed by atoms with Gasteiger partial charge in [-0.15, -0.1) is 0 Å². The molecule has 1 rings (SSSR count). The smallest absolute Gasteiger partial charge is 0.175 e. The van der Waals surface area contributed by atoms with Gasteiger partial charge >= 0.3 is 0 Å². The molecule has 0 fully saturated rings. The van der Waals surface area contributed by atoms with Gasteiger partial charge in [0.15, 0.2) is 11.5 Å². The summed E-state index contributed by atoms with van der Waals surface area (Å²) in [6, 6.07) is 4.05. The molecular weight excluding hydrogens is 348 g/mol. The summed E-state index contributed by atoms with van der Waals surface area (Å²) in [5.74, 6) is 1.52. The van der Waals surface area contributed by atoms with Crippen molar-refractivity contribution in [3.63, 3.8) is 0 Å². The van der Waals surface area contributed by atoms with E-state index in [1.807, 2.05) is 26.0 Å². The number of hydrogen-bond acceptors (Lipinski definition) is 5. The van der Waals surface area contributed by atoms with Crippen LogP contribution in [0, 0.1) is 0 Å². The Balaban J connectivity index is 2.53. The largest absolute Gasteiger partial charge is 0.490 e. The zero-order chi connectivity index (χ0) is 16.4. The Morgan fingerprint density at radius 2 is 1.82 bits per heavy atom. The molecule has 5 nitrogen and oxygen atoms in total. The first kappa shape index (κ1) is 19.2. The maximum absolute atomic E-state index is 9.15. The molecule has 3 N–H and O–H groups in total. The van der Waals surface area contributed by atoms with Gasteiger partial charge in [0.05, 0.1) is 23.8 Å². The van der Waals surface area contributed by atoms with Crippen LogP contribution in [0.3, 0.4) is 0 Å². The van der Waals surface area contributed by atoms with Gasteiger partial charge in [-0.25, -0.2) is 0 Å². The van der Waals surface area contributed by atoms with Crippen LogP contribution in [0.25, 0.3) is 0 Å². The van der Waals surface area contributed by atoms with Crippen LogP contribution >= 0.6 is 15.9 Å². The van der Waals surface area contributed by atoms with Gasteiger partial charge in [-0.1, -0.05) is 0 Å². The molecule has 22 heavy (non-hydrogen) atoms. The first-order valence-electron chi connectivity index (χ1n) is 7.76. The van der Waals surface area contributed by atoms with E-state index in [9.17, 15) is 0 Å².